The van der Waals surface area contributed by atoms with Gasteiger partial charge in [-0.15, -0.1) is 23.5 Å². The van der Waals surface area contributed by atoms with E-state index < -0.39 is 0 Å². The summed E-state index contributed by atoms with van der Waals surface area (Å²) in [6.45, 7) is 6.79. The summed E-state index contributed by atoms with van der Waals surface area (Å²) in [6.07, 6.45) is 7.22. The second kappa shape index (κ2) is 9.14. The van der Waals surface area contributed by atoms with E-state index in [0.717, 1.165) is 0 Å². The molecule has 2 atom stereocenters. The molecule has 1 aliphatic rings. The third kappa shape index (κ3) is 5.92. The molecule has 2 aromatic carbocycles. The van der Waals surface area contributed by atoms with Crippen LogP contribution in [-0.2, 0) is 0 Å². The fraction of sp³-hybridized carbons (Fsp3) is 0.435. The molecular formula is C23H29NS2. The summed E-state index contributed by atoms with van der Waals surface area (Å²) in [5.74, 6) is 0. The van der Waals surface area contributed by atoms with E-state index >= 15 is 0 Å². The lowest BCUT2D eigenvalue weighted by molar-refractivity contribution is 0.456. The number of rotatable bonds is 5. The van der Waals surface area contributed by atoms with Crippen LogP contribution in [-0.4, -0.2) is 22.3 Å². The van der Waals surface area contributed by atoms with Crippen LogP contribution >= 0.6 is 23.5 Å². The SMILES string of the molecule is CC(C)(C)Sc1ccccc1C=NC1CCCCC1Sc1ccccc1. The smallest absolute Gasteiger partial charge is 0.0621 e. The van der Waals surface area contributed by atoms with Gasteiger partial charge in [-0.2, -0.15) is 0 Å². The summed E-state index contributed by atoms with van der Waals surface area (Å²) in [7, 11) is 0. The number of thioether (sulfide) groups is 2. The van der Waals surface area contributed by atoms with Crippen molar-refractivity contribution in [1.82, 2.24) is 0 Å². The first-order valence-electron chi connectivity index (χ1n) is 9.54. The average molecular weight is 384 g/mol. The second-order valence-corrected chi connectivity index (χ2v) is 11.0. The number of nitrogens with zero attached hydrogens (tertiary/aromatic N) is 1. The summed E-state index contributed by atoms with van der Waals surface area (Å²) in [5.41, 5.74) is 1.25. The molecule has 0 amide bonds. The summed E-state index contributed by atoms with van der Waals surface area (Å²) >= 11 is 3.92. The van der Waals surface area contributed by atoms with Crippen molar-refractivity contribution < 1.29 is 0 Å². The maximum Gasteiger partial charge on any atom is 0.0621 e. The minimum atomic E-state index is 0.209. The Morgan fingerprint density at radius 2 is 1.62 bits per heavy atom. The molecule has 2 unspecified atom stereocenters. The highest BCUT2D eigenvalue weighted by Gasteiger charge is 2.25. The molecule has 2 aromatic rings. The lowest BCUT2D eigenvalue weighted by Crippen LogP contribution is -2.25. The van der Waals surface area contributed by atoms with Crippen LogP contribution in [0.15, 0.2) is 69.4 Å². The fourth-order valence-corrected chi connectivity index (χ4v) is 5.60. The molecule has 1 saturated carbocycles. The van der Waals surface area contributed by atoms with Gasteiger partial charge < -0.3 is 0 Å². The van der Waals surface area contributed by atoms with Gasteiger partial charge in [0.15, 0.2) is 0 Å². The van der Waals surface area contributed by atoms with Gasteiger partial charge >= 0.3 is 0 Å². The molecule has 0 N–H and O–H groups in total. The van der Waals surface area contributed by atoms with E-state index in [0.29, 0.717) is 11.3 Å². The molecule has 0 heterocycles. The standard InChI is InChI=1S/C23H29NS2/c1-23(2,3)26-21-15-9-7-11-18(21)17-24-20-14-8-10-16-22(20)25-19-12-5-4-6-13-19/h4-7,9,11-13,15,17,20,22H,8,10,14,16H2,1-3H3. The second-order valence-electron chi connectivity index (χ2n) is 7.85. The largest absolute Gasteiger partial charge is 0.288 e. The quantitative estimate of drug-likeness (QED) is 0.403. The molecule has 0 saturated heterocycles. The summed E-state index contributed by atoms with van der Waals surface area (Å²) in [6, 6.07) is 19.8. The summed E-state index contributed by atoms with van der Waals surface area (Å²) < 4.78 is 0.209. The average Bonchev–Trinajstić information content (AvgIpc) is 2.62. The van der Waals surface area contributed by atoms with Crippen molar-refractivity contribution in [2.45, 2.75) is 72.3 Å². The first-order valence-corrected chi connectivity index (χ1v) is 11.2. The Morgan fingerprint density at radius 3 is 2.38 bits per heavy atom. The third-order valence-corrected chi connectivity index (χ3v) is 7.04. The van der Waals surface area contributed by atoms with E-state index in [-0.39, 0.29) is 4.75 Å². The van der Waals surface area contributed by atoms with Crippen molar-refractivity contribution >= 4 is 29.7 Å². The molecule has 3 rings (SSSR count). The zero-order chi connectivity index (χ0) is 18.4. The third-order valence-electron chi connectivity index (χ3n) is 4.44. The van der Waals surface area contributed by atoms with Crippen LogP contribution in [0.1, 0.15) is 52.0 Å². The minimum Gasteiger partial charge on any atom is -0.288 e. The molecule has 0 bridgehead atoms. The van der Waals surface area contributed by atoms with E-state index in [1.165, 1.54) is 41.0 Å². The first-order chi connectivity index (χ1) is 12.5. The molecular weight excluding hydrogens is 354 g/mol. The van der Waals surface area contributed by atoms with Crippen molar-refractivity contribution in [3.8, 4) is 0 Å². The molecule has 138 valence electrons. The molecule has 3 heteroatoms. The highest BCUT2D eigenvalue weighted by atomic mass is 32.2. The van der Waals surface area contributed by atoms with Crippen LogP contribution in [0.2, 0.25) is 0 Å². The lowest BCUT2D eigenvalue weighted by atomic mass is 9.95. The van der Waals surface area contributed by atoms with E-state index in [2.05, 4.69) is 81.6 Å². The number of hydrogen-bond donors (Lipinski definition) is 0. The topological polar surface area (TPSA) is 12.4 Å². The van der Waals surface area contributed by atoms with E-state index in [4.69, 9.17) is 4.99 Å². The van der Waals surface area contributed by atoms with Crippen molar-refractivity contribution in [2.24, 2.45) is 4.99 Å². The molecule has 0 aliphatic heterocycles. The molecule has 1 nitrogen and oxygen atoms in total. The maximum absolute atomic E-state index is 5.06. The molecule has 0 spiro atoms. The van der Waals surface area contributed by atoms with E-state index in [9.17, 15) is 0 Å². The predicted octanol–water partition coefficient (Wildman–Crippen LogP) is 7.10. The Bertz CT molecular complexity index is 718. The maximum atomic E-state index is 5.06. The highest BCUT2D eigenvalue weighted by molar-refractivity contribution is 8.00. The monoisotopic (exact) mass is 383 g/mol. The zero-order valence-corrected chi connectivity index (χ0v) is 17.7. The Balaban J connectivity index is 1.73. The lowest BCUT2D eigenvalue weighted by Gasteiger charge is -2.28. The zero-order valence-electron chi connectivity index (χ0n) is 16.0. The van der Waals surface area contributed by atoms with Gasteiger partial charge in [0.2, 0.25) is 0 Å². The van der Waals surface area contributed by atoms with Crippen LogP contribution in [0.5, 0.6) is 0 Å². The van der Waals surface area contributed by atoms with Crippen LogP contribution in [0, 0.1) is 0 Å². The van der Waals surface area contributed by atoms with Gasteiger partial charge in [-0.05, 0) is 31.0 Å². The van der Waals surface area contributed by atoms with Gasteiger partial charge in [-0.1, -0.05) is 70.0 Å². The molecule has 26 heavy (non-hydrogen) atoms. The van der Waals surface area contributed by atoms with Crippen molar-refractivity contribution in [3.05, 3.63) is 60.2 Å². The van der Waals surface area contributed by atoms with Crippen LogP contribution in [0.4, 0.5) is 0 Å². The van der Waals surface area contributed by atoms with E-state index in [1.807, 2.05) is 23.5 Å². The van der Waals surface area contributed by atoms with Gasteiger partial charge in [0, 0.05) is 31.6 Å². The van der Waals surface area contributed by atoms with Gasteiger partial charge in [-0.3, -0.25) is 4.99 Å². The van der Waals surface area contributed by atoms with Crippen LogP contribution in [0.3, 0.4) is 0 Å². The summed E-state index contributed by atoms with van der Waals surface area (Å²) in [4.78, 5) is 7.75. The summed E-state index contributed by atoms with van der Waals surface area (Å²) in [5, 5.41) is 0.588. The van der Waals surface area contributed by atoms with Crippen LogP contribution in [0.25, 0.3) is 0 Å². The highest BCUT2D eigenvalue weighted by Crippen LogP contribution is 2.36. The van der Waals surface area contributed by atoms with Crippen molar-refractivity contribution in [3.63, 3.8) is 0 Å². The molecule has 0 aromatic heterocycles. The Kier molecular flexibility index (Phi) is 6.88. The van der Waals surface area contributed by atoms with Gasteiger partial charge in [0.25, 0.3) is 0 Å². The fourth-order valence-electron chi connectivity index (χ4n) is 3.25. The Labute approximate surface area is 167 Å². The van der Waals surface area contributed by atoms with E-state index in [1.54, 1.807) is 0 Å². The van der Waals surface area contributed by atoms with Crippen LogP contribution < -0.4 is 0 Å². The van der Waals surface area contributed by atoms with Gasteiger partial charge in [0.1, 0.15) is 0 Å². The van der Waals surface area contributed by atoms with Crippen molar-refractivity contribution in [2.75, 3.05) is 0 Å². The first kappa shape index (κ1) is 19.6. The molecule has 0 radical (unpaired) electrons. The molecule has 1 fully saturated rings. The predicted molar refractivity (Wildman–Crippen MR) is 118 cm³/mol. The number of aliphatic imine (C=N–C) groups is 1. The van der Waals surface area contributed by atoms with Gasteiger partial charge in [0.05, 0.1) is 6.04 Å². The number of benzene rings is 2. The van der Waals surface area contributed by atoms with Crippen molar-refractivity contribution in [1.29, 1.82) is 0 Å². The number of hydrogen-bond acceptors (Lipinski definition) is 3. The Hall–Kier alpha value is -1.19. The minimum absolute atomic E-state index is 0.209. The van der Waals surface area contributed by atoms with Gasteiger partial charge in [-0.25, -0.2) is 0 Å². The molecule has 1 aliphatic carbocycles. The Morgan fingerprint density at radius 1 is 0.923 bits per heavy atom. The normalized spacial score (nSPS) is 21.2.